The highest BCUT2D eigenvalue weighted by Gasteiger charge is 2.24. The van der Waals surface area contributed by atoms with Crippen LogP contribution in [-0.2, 0) is 0 Å². The normalized spacial score (nSPS) is 13.3. The van der Waals surface area contributed by atoms with Crippen LogP contribution in [0.5, 0.6) is 0 Å². The van der Waals surface area contributed by atoms with E-state index in [1.165, 1.54) is 6.07 Å². The van der Waals surface area contributed by atoms with E-state index in [1.54, 1.807) is 18.3 Å². The van der Waals surface area contributed by atoms with Gasteiger partial charge in [-0.3, -0.25) is 14.0 Å². The average molecular weight is 528 g/mol. The lowest BCUT2D eigenvalue weighted by molar-refractivity contribution is 0.0946. The summed E-state index contributed by atoms with van der Waals surface area (Å²) < 4.78 is 17.0. The van der Waals surface area contributed by atoms with Crippen molar-refractivity contribution in [3.8, 4) is 22.5 Å². The van der Waals surface area contributed by atoms with Crippen LogP contribution in [0.3, 0.4) is 0 Å². The predicted octanol–water partition coefficient (Wildman–Crippen LogP) is 6.39. The Morgan fingerprint density at radius 2 is 1.74 bits per heavy atom. The summed E-state index contributed by atoms with van der Waals surface area (Å²) in [7, 11) is 0. The van der Waals surface area contributed by atoms with Gasteiger partial charge in [0.1, 0.15) is 5.82 Å². The molecule has 7 nitrogen and oxygen atoms in total. The van der Waals surface area contributed by atoms with E-state index in [0.29, 0.717) is 53.2 Å². The number of imidazole rings is 1. The van der Waals surface area contributed by atoms with Gasteiger partial charge in [0.05, 0.1) is 23.1 Å². The molecule has 39 heavy (non-hydrogen) atoms. The molecule has 1 amide bonds. The molecule has 0 saturated heterocycles. The van der Waals surface area contributed by atoms with Crippen molar-refractivity contribution in [1.29, 1.82) is 0 Å². The van der Waals surface area contributed by atoms with Gasteiger partial charge >= 0.3 is 0 Å². The van der Waals surface area contributed by atoms with E-state index in [4.69, 9.17) is 4.98 Å². The second-order valence-corrected chi connectivity index (χ2v) is 11.1. The Labute approximate surface area is 227 Å². The standard InChI is InChI=1S/C31H34FN5O2/c1-18(2)13-28(38)24-12-9-22(14-25(24)32)26-17-37-27(16-34-30(37)29(36-26)33-15-19(3)4)20-5-7-21(8-6-20)31(39)35-23-10-11-23/h5-9,12,14,16-19,23H,10-11,13,15H2,1-4H3,(H,33,36)(H,35,39). The number of amides is 1. The molecule has 4 aromatic rings. The number of fused-ring (bicyclic) bond motifs is 1. The Morgan fingerprint density at radius 3 is 2.38 bits per heavy atom. The Kier molecular flexibility index (Phi) is 7.46. The summed E-state index contributed by atoms with van der Waals surface area (Å²) in [4.78, 5) is 34.3. The zero-order chi connectivity index (χ0) is 27.7. The first-order chi connectivity index (χ1) is 18.7. The topological polar surface area (TPSA) is 88.4 Å². The van der Waals surface area contributed by atoms with Crippen LogP contribution in [-0.4, -0.2) is 38.6 Å². The van der Waals surface area contributed by atoms with Crippen molar-refractivity contribution in [3.05, 3.63) is 71.8 Å². The molecule has 2 N–H and O–H groups in total. The number of aromatic nitrogens is 3. The number of ketones is 1. The molecular formula is C31H34FN5O2. The molecular weight excluding hydrogens is 493 g/mol. The van der Waals surface area contributed by atoms with E-state index >= 15 is 4.39 Å². The molecule has 0 aliphatic heterocycles. The maximum absolute atomic E-state index is 15.1. The third-order valence-corrected chi connectivity index (χ3v) is 6.68. The monoisotopic (exact) mass is 527 g/mol. The number of benzene rings is 2. The minimum Gasteiger partial charge on any atom is -0.367 e. The number of anilines is 1. The second kappa shape index (κ2) is 11.0. The summed E-state index contributed by atoms with van der Waals surface area (Å²) in [5, 5.41) is 6.39. The molecule has 2 aromatic heterocycles. The zero-order valence-corrected chi connectivity index (χ0v) is 22.8. The third-order valence-electron chi connectivity index (χ3n) is 6.68. The molecule has 1 fully saturated rings. The van der Waals surface area contributed by atoms with E-state index in [9.17, 15) is 9.59 Å². The van der Waals surface area contributed by atoms with Crippen LogP contribution in [0.15, 0.2) is 54.9 Å². The van der Waals surface area contributed by atoms with Gasteiger partial charge in [0.25, 0.3) is 5.91 Å². The number of hydrogen-bond donors (Lipinski definition) is 2. The average Bonchev–Trinajstić information content (AvgIpc) is 3.61. The first kappa shape index (κ1) is 26.5. The summed E-state index contributed by atoms with van der Waals surface area (Å²) in [6.45, 7) is 8.78. The van der Waals surface area contributed by atoms with Crippen LogP contribution in [0.4, 0.5) is 10.2 Å². The quantitative estimate of drug-likeness (QED) is 0.233. The molecule has 0 atom stereocenters. The van der Waals surface area contributed by atoms with Crippen molar-refractivity contribution in [2.75, 3.05) is 11.9 Å². The SMILES string of the molecule is CC(C)CNc1nc(-c2ccc(C(=O)CC(C)C)c(F)c2)cn2c(-c3ccc(C(=O)NC4CC4)cc3)cnc12. The fourth-order valence-electron chi connectivity index (χ4n) is 4.43. The number of nitrogens with zero attached hydrogens (tertiary/aromatic N) is 3. The van der Waals surface area contributed by atoms with Crippen LogP contribution < -0.4 is 10.6 Å². The van der Waals surface area contributed by atoms with Crippen LogP contribution in [0.1, 0.15) is 67.7 Å². The maximum atomic E-state index is 15.1. The summed E-state index contributed by atoms with van der Waals surface area (Å²) in [6, 6.07) is 12.4. The number of carbonyl (C=O) groups excluding carboxylic acids is 2. The maximum Gasteiger partial charge on any atom is 0.251 e. The van der Waals surface area contributed by atoms with Crippen molar-refractivity contribution < 1.29 is 14.0 Å². The lowest BCUT2D eigenvalue weighted by Crippen LogP contribution is -2.25. The summed E-state index contributed by atoms with van der Waals surface area (Å²) in [6.07, 6.45) is 5.97. The highest BCUT2D eigenvalue weighted by molar-refractivity contribution is 5.97. The van der Waals surface area contributed by atoms with Gasteiger partial charge in [0.2, 0.25) is 0 Å². The fourth-order valence-corrected chi connectivity index (χ4v) is 4.43. The molecule has 202 valence electrons. The fraction of sp³-hybridized carbons (Fsp3) is 0.355. The van der Waals surface area contributed by atoms with Gasteiger partial charge in [-0.15, -0.1) is 0 Å². The first-order valence-corrected chi connectivity index (χ1v) is 13.6. The molecule has 8 heteroatoms. The van der Waals surface area contributed by atoms with Crippen LogP contribution in [0, 0.1) is 17.7 Å². The van der Waals surface area contributed by atoms with Crippen LogP contribution >= 0.6 is 0 Å². The zero-order valence-electron chi connectivity index (χ0n) is 22.8. The molecule has 1 saturated carbocycles. The lowest BCUT2D eigenvalue weighted by Gasteiger charge is -2.13. The first-order valence-electron chi connectivity index (χ1n) is 13.6. The van der Waals surface area contributed by atoms with Gasteiger partial charge in [0, 0.05) is 41.9 Å². The van der Waals surface area contributed by atoms with Gasteiger partial charge in [-0.05, 0) is 48.9 Å². The lowest BCUT2D eigenvalue weighted by atomic mass is 9.99. The van der Waals surface area contributed by atoms with Crippen molar-refractivity contribution in [3.63, 3.8) is 0 Å². The largest absolute Gasteiger partial charge is 0.367 e. The molecule has 5 rings (SSSR count). The second-order valence-electron chi connectivity index (χ2n) is 11.1. The van der Waals surface area contributed by atoms with Crippen molar-refractivity contribution in [2.24, 2.45) is 11.8 Å². The van der Waals surface area contributed by atoms with Gasteiger partial charge in [0.15, 0.2) is 17.2 Å². The highest BCUT2D eigenvalue weighted by Crippen LogP contribution is 2.29. The molecule has 0 spiro atoms. The molecule has 0 bridgehead atoms. The molecule has 0 unspecified atom stereocenters. The van der Waals surface area contributed by atoms with Crippen molar-refractivity contribution >= 4 is 23.2 Å². The molecule has 0 radical (unpaired) electrons. The Hall–Kier alpha value is -4.07. The van der Waals surface area contributed by atoms with Crippen LogP contribution in [0.2, 0.25) is 0 Å². The highest BCUT2D eigenvalue weighted by atomic mass is 19.1. The van der Waals surface area contributed by atoms with Gasteiger partial charge in [-0.25, -0.2) is 14.4 Å². The molecule has 1 aliphatic carbocycles. The smallest absolute Gasteiger partial charge is 0.251 e. The Morgan fingerprint density at radius 1 is 1.03 bits per heavy atom. The number of hydrogen-bond acceptors (Lipinski definition) is 5. The number of rotatable bonds is 10. The van der Waals surface area contributed by atoms with Gasteiger partial charge < -0.3 is 10.6 Å². The predicted molar refractivity (Wildman–Crippen MR) is 151 cm³/mol. The number of Topliss-reactive ketones (excluding diaryl/α,β-unsaturated/α-hetero) is 1. The van der Waals surface area contributed by atoms with E-state index in [1.807, 2.05) is 48.7 Å². The van der Waals surface area contributed by atoms with Gasteiger partial charge in [-0.1, -0.05) is 45.9 Å². The Bertz CT molecular complexity index is 1520. The minimum atomic E-state index is -0.553. The number of nitrogens with one attached hydrogen (secondary N) is 2. The van der Waals surface area contributed by atoms with E-state index in [0.717, 1.165) is 24.1 Å². The summed E-state index contributed by atoms with van der Waals surface area (Å²) in [5.74, 6) is 0.296. The van der Waals surface area contributed by atoms with Crippen molar-refractivity contribution in [1.82, 2.24) is 19.7 Å². The number of halogens is 1. The van der Waals surface area contributed by atoms with Gasteiger partial charge in [-0.2, -0.15) is 0 Å². The van der Waals surface area contributed by atoms with E-state index in [-0.39, 0.29) is 23.2 Å². The van der Waals surface area contributed by atoms with Crippen molar-refractivity contribution in [2.45, 2.75) is 53.0 Å². The molecule has 1 aliphatic rings. The van der Waals surface area contributed by atoms with Crippen LogP contribution in [0.25, 0.3) is 28.2 Å². The number of carbonyl (C=O) groups is 2. The minimum absolute atomic E-state index is 0.0637. The summed E-state index contributed by atoms with van der Waals surface area (Å²) >= 11 is 0. The third kappa shape index (κ3) is 6.00. The molecule has 2 aromatic carbocycles. The summed E-state index contributed by atoms with van der Waals surface area (Å²) in [5.41, 5.74) is 4.18. The van der Waals surface area contributed by atoms with E-state index in [2.05, 4.69) is 29.5 Å². The van der Waals surface area contributed by atoms with E-state index < -0.39 is 5.82 Å². The molecule has 2 heterocycles. The Balaban J connectivity index is 1.53.